The van der Waals surface area contributed by atoms with E-state index in [0.717, 1.165) is 23.1 Å². The Balaban J connectivity index is 2.05. The van der Waals surface area contributed by atoms with Crippen LogP contribution >= 0.6 is 23.4 Å². The van der Waals surface area contributed by atoms with Gasteiger partial charge in [-0.15, -0.1) is 11.8 Å². The molecule has 0 spiro atoms. The first-order valence-electron chi connectivity index (χ1n) is 9.85. The molecule has 0 fully saturated rings. The minimum Gasteiger partial charge on any atom is -0.354 e. The van der Waals surface area contributed by atoms with Gasteiger partial charge < -0.3 is 10.2 Å². The zero-order chi connectivity index (χ0) is 21.2. The van der Waals surface area contributed by atoms with E-state index < -0.39 is 6.04 Å². The minimum absolute atomic E-state index is 0.0438. The molecule has 0 aliphatic carbocycles. The molecule has 156 valence electrons. The summed E-state index contributed by atoms with van der Waals surface area (Å²) in [5.74, 6) is 0.843. The summed E-state index contributed by atoms with van der Waals surface area (Å²) in [5, 5.41) is 3.59. The van der Waals surface area contributed by atoms with Crippen LogP contribution in [0.1, 0.15) is 37.0 Å². The van der Waals surface area contributed by atoms with Gasteiger partial charge in [-0.25, -0.2) is 0 Å². The van der Waals surface area contributed by atoms with Crippen molar-refractivity contribution in [1.82, 2.24) is 10.2 Å². The molecule has 0 aliphatic rings. The monoisotopic (exact) mass is 432 g/mol. The van der Waals surface area contributed by atoms with Crippen molar-refractivity contribution in [2.75, 3.05) is 12.3 Å². The zero-order valence-electron chi connectivity index (χ0n) is 17.3. The number of rotatable bonds is 10. The van der Waals surface area contributed by atoms with Crippen LogP contribution in [0.2, 0.25) is 5.02 Å². The molecule has 2 aromatic rings. The van der Waals surface area contributed by atoms with Gasteiger partial charge in [0.2, 0.25) is 11.8 Å². The quantitative estimate of drug-likeness (QED) is 0.585. The van der Waals surface area contributed by atoms with Crippen molar-refractivity contribution >= 4 is 35.2 Å². The fraction of sp³-hybridized carbons (Fsp3) is 0.391. The first-order chi connectivity index (χ1) is 13.9. The zero-order valence-corrected chi connectivity index (χ0v) is 18.9. The molecule has 0 saturated heterocycles. The molecule has 0 radical (unpaired) electrons. The van der Waals surface area contributed by atoms with Gasteiger partial charge in [0.15, 0.2) is 0 Å². The third-order valence-electron chi connectivity index (χ3n) is 4.54. The SMILES string of the molecule is CCCNC(=O)[C@H](C)N(Cc1cccc(C)c1)C(=O)CSCc1cccc(Cl)c1. The highest BCUT2D eigenvalue weighted by Gasteiger charge is 2.25. The summed E-state index contributed by atoms with van der Waals surface area (Å²) in [6.45, 7) is 6.85. The highest BCUT2D eigenvalue weighted by Crippen LogP contribution is 2.18. The van der Waals surface area contributed by atoms with Gasteiger partial charge in [0, 0.05) is 23.9 Å². The molecule has 0 aliphatic heterocycles. The van der Waals surface area contributed by atoms with Crippen LogP contribution in [0.4, 0.5) is 0 Å². The molecule has 1 atom stereocenters. The molecule has 6 heteroatoms. The summed E-state index contributed by atoms with van der Waals surface area (Å²) in [5.41, 5.74) is 3.23. The molecule has 0 unspecified atom stereocenters. The Morgan fingerprint density at radius 2 is 1.86 bits per heavy atom. The number of amides is 2. The Labute approximate surface area is 183 Å². The van der Waals surface area contributed by atoms with Crippen LogP contribution in [0, 0.1) is 6.92 Å². The van der Waals surface area contributed by atoms with Crippen LogP contribution in [-0.2, 0) is 21.9 Å². The first-order valence-corrected chi connectivity index (χ1v) is 11.4. The summed E-state index contributed by atoms with van der Waals surface area (Å²) in [6.07, 6.45) is 0.861. The van der Waals surface area contributed by atoms with Crippen molar-refractivity contribution in [3.63, 3.8) is 0 Å². The van der Waals surface area contributed by atoms with Gasteiger partial charge >= 0.3 is 0 Å². The average Bonchev–Trinajstić information content (AvgIpc) is 2.69. The predicted molar refractivity (Wildman–Crippen MR) is 122 cm³/mol. The highest BCUT2D eigenvalue weighted by atomic mass is 35.5. The normalized spacial score (nSPS) is 11.7. The van der Waals surface area contributed by atoms with E-state index in [1.165, 1.54) is 11.8 Å². The molecule has 29 heavy (non-hydrogen) atoms. The van der Waals surface area contributed by atoms with Crippen LogP contribution < -0.4 is 5.32 Å². The largest absolute Gasteiger partial charge is 0.354 e. The summed E-state index contributed by atoms with van der Waals surface area (Å²) in [4.78, 5) is 27.2. The van der Waals surface area contributed by atoms with Gasteiger partial charge in [0.05, 0.1) is 5.75 Å². The number of halogens is 1. The Hall–Kier alpha value is -1.98. The van der Waals surface area contributed by atoms with E-state index in [4.69, 9.17) is 11.6 Å². The summed E-state index contributed by atoms with van der Waals surface area (Å²) in [7, 11) is 0. The molecule has 0 heterocycles. The van der Waals surface area contributed by atoms with E-state index in [9.17, 15) is 9.59 Å². The van der Waals surface area contributed by atoms with Gasteiger partial charge in [-0.3, -0.25) is 9.59 Å². The predicted octanol–water partition coefficient (Wildman–Crippen LogP) is 4.83. The molecule has 4 nitrogen and oxygen atoms in total. The Morgan fingerprint density at radius 3 is 2.55 bits per heavy atom. The van der Waals surface area contributed by atoms with E-state index in [0.29, 0.717) is 29.6 Å². The van der Waals surface area contributed by atoms with Crippen LogP contribution in [0.25, 0.3) is 0 Å². The number of carbonyl (C=O) groups is 2. The summed E-state index contributed by atoms with van der Waals surface area (Å²) < 4.78 is 0. The van der Waals surface area contributed by atoms with E-state index in [-0.39, 0.29) is 11.8 Å². The van der Waals surface area contributed by atoms with Gasteiger partial charge in [-0.05, 0) is 43.5 Å². The van der Waals surface area contributed by atoms with Gasteiger partial charge in [0.25, 0.3) is 0 Å². The third-order valence-corrected chi connectivity index (χ3v) is 5.76. The number of nitrogens with one attached hydrogen (secondary N) is 1. The standard InChI is InChI=1S/C23H29ClN2O2S/c1-4-11-25-23(28)18(3)26(14-19-8-5-7-17(2)12-19)22(27)16-29-15-20-9-6-10-21(24)13-20/h5-10,12-13,18H,4,11,14-16H2,1-3H3,(H,25,28)/t18-/m0/s1. The number of thioether (sulfide) groups is 1. The molecule has 0 bridgehead atoms. The lowest BCUT2D eigenvalue weighted by Gasteiger charge is -2.29. The van der Waals surface area contributed by atoms with Crippen LogP contribution in [0.15, 0.2) is 48.5 Å². The topological polar surface area (TPSA) is 49.4 Å². The van der Waals surface area contributed by atoms with Crippen molar-refractivity contribution in [1.29, 1.82) is 0 Å². The van der Waals surface area contributed by atoms with E-state index >= 15 is 0 Å². The van der Waals surface area contributed by atoms with Crippen LogP contribution in [-0.4, -0.2) is 35.1 Å². The molecular weight excluding hydrogens is 404 g/mol. The smallest absolute Gasteiger partial charge is 0.242 e. The first kappa shape index (κ1) is 23.3. The lowest BCUT2D eigenvalue weighted by Crippen LogP contribution is -2.48. The second kappa shape index (κ2) is 11.9. The molecule has 2 aromatic carbocycles. The van der Waals surface area contributed by atoms with Crippen molar-refractivity contribution in [2.45, 2.75) is 45.5 Å². The number of hydrogen-bond donors (Lipinski definition) is 1. The number of nitrogens with zero attached hydrogens (tertiary/aromatic N) is 1. The summed E-state index contributed by atoms with van der Waals surface area (Å²) >= 11 is 7.56. The molecular formula is C23H29ClN2O2S. The Kier molecular flexibility index (Phi) is 9.55. The van der Waals surface area contributed by atoms with Crippen LogP contribution in [0.5, 0.6) is 0 Å². The lowest BCUT2D eigenvalue weighted by atomic mass is 10.1. The maximum atomic E-state index is 13.0. The van der Waals surface area contributed by atoms with Crippen molar-refractivity contribution in [3.05, 3.63) is 70.2 Å². The Bertz CT molecular complexity index is 828. The number of carbonyl (C=O) groups excluding carboxylic acids is 2. The fourth-order valence-corrected chi connectivity index (χ4v) is 4.02. The third kappa shape index (κ3) is 7.75. The van der Waals surface area contributed by atoms with Crippen molar-refractivity contribution in [3.8, 4) is 0 Å². The molecule has 0 saturated carbocycles. The Morgan fingerprint density at radius 1 is 1.14 bits per heavy atom. The van der Waals surface area contributed by atoms with E-state index in [2.05, 4.69) is 11.4 Å². The highest BCUT2D eigenvalue weighted by molar-refractivity contribution is 7.99. The lowest BCUT2D eigenvalue weighted by molar-refractivity contribution is -0.138. The van der Waals surface area contributed by atoms with E-state index in [1.807, 2.05) is 56.3 Å². The van der Waals surface area contributed by atoms with Crippen LogP contribution in [0.3, 0.4) is 0 Å². The average molecular weight is 433 g/mol. The summed E-state index contributed by atoms with van der Waals surface area (Å²) in [6, 6.07) is 15.2. The van der Waals surface area contributed by atoms with Crippen molar-refractivity contribution < 1.29 is 9.59 Å². The molecule has 2 amide bonds. The second-order valence-corrected chi connectivity index (χ2v) is 8.52. The van der Waals surface area contributed by atoms with Gasteiger partial charge in [-0.1, -0.05) is 60.5 Å². The second-order valence-electron chi connectivity index (χ2n) is 7.10. The molecule has 2 rings (SSSR count). The molecule has 0 aromatic heterocycles. The number of benzene rings is 2. The maximum absolute atomic E-state index is 13.0. The maximum Gasteiger partial charge on any atom is 0.242 e. The molecule has 1 N–H and O–H groups in total. The number of hydrogen-bond acceptors (Lipinski definition) is 3. The fourth-order valence-electron chi connectivity index (χ4n) is 2.95. The minimum atomic E-state index is -0.527. The van der Waals surface area contributed by atoms with E-state index in [1.54, 1.807) is 11.8 Å². The van der Waals surface area contributed by atoms with Gasteiger partial charge in [-0.2, -0.15) is 0 Å². The number of aryl methyl sites for hydroxylation is 1. The van der Waals surface area contributed by atoms with Crippen molar-refractivity contribution in [2.24, 2.45) is 0 Å². The van der Waals surface area contributed by atoms with Gasteiger partial charge in [0.1, 0.15) is 6.04 Å².